The summed E-state index contributed by atoms with van der Waals surface area (Å²) in [6.07, 6.45) is 0. The normalized spacial score (nSPS) is 18.6. The number of carbonyl (C=O) groups is 2. The molecule has 2 atom stereocenters. The van der Waals surface area contributed by atoms with Gasteiger partial charge in [-0.3, -0.25) is 9.59 Å². The number of halogens is 4. The Hall–Kier alpha value is -2.80. The minimum absolute atomic E-state index is 0.141. The molecule has 164 valence electrons. The predicted molar refractivity (Wildman–Crippen MR) is 126 cm³/mol. The van der Waals surface area contributed by atoms with E-state index in [-0.39, 0.29) is 22.4 Å². The summed E-state index contributed by atoms with van der Waals surface area (Å²) in [7, 11) is 0. The minimum atomic E-state index is -1.25. The Kier molecular flexibility index (Phi) is 6.03. The molecule has 1 fully saturated rings. The largest absolute Gasteiger partial charge is 0.399 e. The molecule has 0 heterocycles. The van der Waals surface area contributed by atoms with Gasteiger partial charge >= 0.3 is 0 Å². The quantitative estimate of drug-likeness (QED) is 0.309. The molecule has 0 bridgehead atoms. The Labute approximate surface area is 198 Å². The number of carbonyl (C=O) groups excluding carboxylic acids is 2. The molecular formula is C23H17Cl3FN3O2. The maximum absolute atomic E-state index is 13.1. The summed E-state index contributed by atoms with van der Waals surface area (Å²) in [5, 5.41) is 5.57. The van der Waals surface area contributed by atoms with Crippen molar-refractivity contribution in [3.05, 3.63) is 88.7 Å². The molecule has 4 rings (SSSR count). The highest BCUT2D eigenvalue weighted by Crippen LogP contribution is 2.65. The lowest BCUT2D eigenvalue weighted by atomic mass is 10.1. The highest BCUT2D eigenvalue weighted by atomic mass is 35.5. The number of nitrogen functional groups attached to an aromatic ring is 1. The van der Waals surface area contributed by atoms with E-state index in [4.69, 9.17) is 40.5 Å². The first-order chi connectivity index (χ1) is 15.2. The third kappa shape index (κ3) is 4.53. The van der Waals surface area contributed by atoms with Crippen LogP contribution in [0.3, 0.4) is 0 Å². The van der Waals surface area contributed by atoms with Gasteiger partial charge in [-0.2, -0.15) is 0 Å². The predicted octanol–water partition coefficient (Wildman–Crippen LogP) is 5.84. The number of nitrogens with two attached hydrogens (primary N) is 1. The number of anilines is 3. The van der Waals surface area contributed by atoms with Crippen LogP contribution in [0.5, 0.6) is 0 Å². The Morgan fingerprint density at radius 3 is 2.19 bits per heavy atom. The average Bonchev–Trinajstić information content (AvgIpc) is 3.33. The molecule has 3 aromatic carbocycles. The first kappa shape index (κ1) is 22.4. The molecule has 0 spiro atoms. The molecule has 0 unspecified atom stereocenters. The van der Waals surface area contributed by atoms with Crippen LogP contribution in [0.4, 0.5) is 21.5 Å². The van der Waals surface area contributed by atoms with E-state index < -0.39 is 22.0 Å². The second-order valence-electron chi connectivity index (χ2n) is 7.44. The van der Waals surface area contributed by atoms with Crippen LogP contribution in [0.1, 0.15) is 21.8 Å². The van der Waals surface area contributed by atoms with Crippen molar-refractivity contribution in [2.75, 3.05) is 16.4 Å². The standard InChI is InChI=1S/C23H17Cl3FN3O2/c24-18-10-9-16(11-17(18)21(31)29-15-7-3-13(27)4-8-15)30-22(32)20-19(23(20,25)26)12-1-5-14(28)6-2-12/h1-11,19-20H,28H2,(H,29,31)(H,30,32)/t19-,20+/m1/s1. The number of rotatable bonds is 5. The summed E-state index contributed by atoms with van der Waals surface area (Å²) in [6.45, 7) is 0. The molecule has 2 amide bonds. The van der Waals surface area contributed by atoms with Crippen LogP contribution in [-0.4, -0.2) is 16.1 Å². The van der Waals surface area contributed by atoms with E-state index in [1.807, 2.05) is 0 Å². The number of alkyl halides is 2. The topological polar surface area (TPSA) is 84.2 Å². The van der Waals surface area contributed by atoms with Crippen molar-refractivity contribution in [3.63, 3.8) is 0 Å². The first-order valence-electron chi connectivity index (χ1n) is 9.57. The number of amides is 2. The zero-order valence-corrected chi connectivity index (χ0v) is 18.7. The highest BCUT2D eigenvalue weighted by Gasteiger charge is 2.67. The van der Waals surface area contributed by atoms with Crippen molar-refractivity contribution in [3.8, 4) is 0 Å². The van der Waals surface area contributed by atoms with Crippen LogP contribution in [0.25, 0.3) is 0 Å². The molecule has 0 radical (unpaired) electrons. The smallest absolute Gasteiger partial charge is 0.257 e. The Morgan fingerprint density at radius 2 is 1.53 bits per heavy atom. The van der Waals surface area contributed by atoms with Gasteiger partial charge in [-0.05, 0) is 60.2 Å². The number of nitrogens with one attached hydrogen (secondary N) is 2. The van der Waals surface area contributed by atoms with Crippen molar-refractivity contribution in [2.24, 2.45) is 5.92 Å². The Bertz CT molecular complexity index is 1180. The SMILES string of the molecule is Nc1ccc([C@@H]2[C@@H](C(=O)Nc3ccc(Cl)c(C(=O)Nc4ccc(F)cc4)c3)C2(Cl)Cl)cc1. The van der Waals surface area contributed by atoms with Crippen LogP contribution in [0.15, 0.2) is 66.7 Å². The second-order valence-corrected chi connectivity index (χ2v) is 9.29. The Morgan fingerprint density at radius 1 is 0.906 bits per heavy atom. The van der Waals surface area contributed by atoms with Gasteiger partial charge in [0.1, 0.15) is 10.2 Å². The molecule has 32 heavy (non-hydrogen) atoms. The summed E-state index contributed by atoms with van der Waals surface area (Å²) in [5.74, 6) is -2.38. The average molecular weight is 493 g/mol. The highest BCUT2D eigenvalue weighted by molar-refractivity contribution is 6.53. The molecule has 0 aromatic heterocycles. The van der Waals surface area contributed by atoms with E-state index in [0.29, 0.717) is 17.1 Å². The zero-order valence-electron chi connectivity index (χ0n) is 16.4. The zero-order chi connectivity index (χ0) is 23.0. The second kappa shape index (κ2) is 8.62. The van der Waals surface area contributed by atoms with Gasteiger partial charge in [-0.1, -0.05) is 23.7 Å². The fraction of sp³-hybridized carbons (Fsp3) is 0.130. The number of hydrogen-bond donors (Lipinski definition) is 3. The third-order valence-corrected chi connectivity index (χ3v) is 6.48. The van der Waals surface area contributed by atoms with Crippen LogP contribution in [-0.2, 0) is 4.79 Å². The molecule has 5 nitrogen and oxygen atoms in total. The van der Waals surface area contributed by atoms with E-state index in [1.54, 1.807) is 30.3 Å². The van der Waals surface area contributed by atoms with Gasteiger partial charge in [0.25, 0.3) is 5.91 Å². The van der Waals surface area contributed by atoms with Crippen molar-refractivity contribution in [1.29, 1.82) is 0 Å². The molecule has 0 aliphatic heterocycles. The minimum Gasteiger partial charge on any atom is -0.399 e. The molecule has 0 saturated heterocycles. The van der Waals surface area contributed by atoms with Crippen LogP contribution >= 0.6 is 34.8 Å². The van der Waals surface area contributed by atoms with Gasteiger partial charge in [-0.25, -0.2) is 4.39 Å². The van der Waals surface area contributed by atoms with Crippen molar-refractivity contribution >= 4 is 63.7 Å². The van der Waals surface area contributed by atoms with Crippen LogP contribution in [0, 0.1) is 11.7 Å². The molecule has 1 aliphatic carbocycles. The molecule has 3 aromatic rings. The fourth-order valence-electron chi connectivity index (χ4n) is 3.50. The summed E-state index contributed by atoms with van der Waals surface area (Å²) >= 11 is 18.9. The lowest BCUT2D eigenvalue weighted by Gasteiger charge is -2.10. The monoisotopic (exact) mass is 491 g/mol. The first-order valence-corrected chi connectivity index (χ1v) is 10.7. The van der Waals surface area contributed by atoms with Crippen molar-refractivity contribution in [2.45, 2.75) is 10.3 Å². The van der Waals surface area contributed by atoms with Crippen LogP contribution < -0.4 is 16.4 Å². The van der Waals surface area contributed by atoms with Crippen molar-refractivity contribution in [1.82, 2.24) is 0 Å². The van der Waals surface area contributed by atoms with E-state index >= 15 is 0 Å². The van der Waals surface area contributed by atoms with Gasteiger partial charge in [0.05, 0.1) is 16.5 Å². The van der Waals surface area contributed by atoms with Gasteiger partial charge in [0.15, 0.2) is 0 Å². The number of hydrogen-bond acceptors (Lipinski definition) is 3. The van der Waals surface area contributed by atoms with Gasteiger partial charge < -0.3 is 16.4 Å². The van der Waals surface area contributed by atoms with Crippen LogP contribution in [0.2, 0.25) is 5.02 Å². The summed E-state index contributed by atoms with van der Waals surface area (Å²) < 4.78 is 11.8. The lowest BCUT2D eigenvalue weighted by molar-refractivity contribution is -0.117. The van der Waals surface area contributed by atoms with Gasteiger partial charge in [0.2, 0.25) is 5.91 Å². The molecule has 9 heteroatoms. The number of benzene rings is 3. The van der Waals surface area contributed by atoms with Crippen molar-refractivity contribution < 1.29 is 14.0 Å². The van der Waals surface area contributed by atoms with Gasteiger partial charge in [0, 0.05) is 23.0 Å². The van der Waals surface area contributed by atoms with Gasteiger partial charge in [-0.15, -0.1) is 23.2 Å². The Balaban J connectivity index is 1.49. The molecule has 1 saturated carbocycles. The maximum atomic E-state index is 13.1. The lowest BCUT2D eigenvalue weighted by Crippen LogP contribution is -2.18. The summed E-state index contributed by atoms with van der Waals surface area (Å²) in [4.78, 5) is 25.5. The summed E-state index contributed by atoms with van der Waals surface area (Å²) in [6, 6.07) is 16.8. The maximum Gasteiger partial charge on any atom is 0.257 e. The molecule has 1 aliphatic rings. The van der Waals surface area contributed by atoms with E-state index in [2.05, 4.69) is 10.6 Å². The third-order valence-electron chi connectivity index (χ3n) is 5.21. The molecular weight excluding hydrogens is 476 g/mol. The fourth-order valence-corrected chi connectivity index (χ4v) is 4.53. The van der Waals surface area contributed by atoms with E-state index in [1.165, 1.54) is 36.4 Å². The van der Waals surface area contributed by atoms with E-state index in [0.717, 1.165) is 5.56 Å². The molecule has 4 N–H and O–H groups in total. The van der Waals surface area contributed by atoms with E-state index in [9.17, 15) is 14.0 Å². The summed E-state index contributed by atoms with van der Waals surface area (Å²) in [5.41, 5.74) is 8.01.